The minimum Gasteiger partial charge on any atom is -0.480 e. The fourth-order valence-corrected chi connectivity index (χ4v) is 5.16. The molecule has 158 valence electrons. The van der Waals surface area contributed by atoms with Crippen molar-refractivity contribution in [2.24, 2.45) is 5.92 Å². The van der Waals surface area contributed by atoms with Crippen LogP contribution in [-0.2, 0) is 27.1 Å². The molecule has 1 unspecified atom stereocenters. The predicted molar refractivity (Wildman–Crippen MR) is 117 cm³/mol. The van der Waals surface area contributed by atoms with Crippen LogP contribution >= 0.6 is 0 Å². The topological polar surface area (TPSA) is 87.6 Å². The van der Waals surface area contributed by atoms with Crippen LogP contribution < -0.4 is 0 Å². The van der Waals surface area contributed by atoms with Crippen molar-refractivity contribution >= 4 is 26.8 Å². The summed E-state index contributed by atoms with van der Waals surface area (Å²) in [7, 11) is -3.91. The van der Waals surface area contributed by atoms with Gasteiger partial charge in [0.1, 0.15) is 6.04 Å². The van der Waals surface area contributed by atoms with Crippen LogP contribution in [0.3, 0.4) is 0 Å². The lowest BCUT2D eigenvalue weighted by Gasteiger charge is -2.29. The molecule has 0 aliphatic carbocycles. The van der Waals surface area contributed by atoms with Gasteiger partial charge >= 0.3 is 5.97 Å². The largest absolute Gasteiger partial charge is 0.480 e. The van der Waals surface area contributed by atoms with Gasteiger partial charge in [0.15, 0.2) is 0 Å². The van der Waals surface area contributed by atoms with Gasteiger partial charge in [-0.25, -0.2) is 8.42 Å². The number of hydrogen-bond acceptors (Lipinski definition) is 4. The molecule has 0 spiro atoms. The van der Waals surface area contributed by atoms with Gasteiger partial charge in [0.2, 0.25) is 10.0 Å². The van der Waals surface area contributed by atoms with E-state index in [9.17, 15) is 18.3 Å². The summed E-state index contributed by atoms with van der Waals surface area (Å²) in [5, 5.41) is 11.8. The van der Waals surface area contributed by atoms with Crippen LogP contribution in [0, 0.1) is 5.92 Å². The average molecular weight is 427 g/mol. The SMILES string of the molecule is CC(C)CC(C(=O)O)N(Cc1cccnc1)S(=O)(=O)Cc1ccc2ccccc2c1. The van der Waals surface area contributed by atoms with E-state index in [0.717, 1.165) is 15.1 Å². The van der Waals surface area contributed by atoms with Crippen LogP contribution in [0.25, 0.3) is 10.8 Å². The van der Waals surface area contributed by atoms with E-state index in [2.05, 4.69) is 4.98 Å². The van der Waals surface area contributed by atoms with Gasteiger partial charge < -0.3 is 5.11 Å². The molecule has 6 nitrogen and oxygen atoms in total. The maximum absolute atomic E-state index is 13.4. The van der Waals surface area contributed by atoms with Crippen LogP contribution in [0.1, 0.15) is 31.4 Å². The quantitative estimate of drug-likeness (QED) is 0.557. The van der Waals surface area contributed by atoms with Gasteiger partial charge in [0, 0.05) is 18.9 Å². The van der Waals surface area contributed by atoms with Crippen molar-refractivity contribution in [1.82, 2.24) is 9.29 Å². The fourth-order valence-electron chi connectivity index (χ4n) is 3.48. The lowest BCUT2D eigenvalue weighted by atomic mass is 10.0. The van der Waals surface area contributed by atoms with E-state index in [4.69, 9.17) is 0 Å². The van der Waals surface area contributed by atoms with Gasteiger partial charge in [-0.15, -0.1) is 0 Å². The minimum atomic E-state index is -3.91. The summed E-state index contributed by atoms with van der Waals surface area (Å²) in [4.78, 5) is 16.1. The number of carboxylic acids is 1. The van der Waals surface area contributed by atoms with E-state index in [1.54, 1.807) is 30.6 Å². The Morgan fingerprint density at radius 2 is 1.77 bits per heavy atom. The average Bonchev–Trinajstić information content (AvgIpc) is 2.70. The highest BCUT2D eigenvalue weighted by Gasteiger charge is 2.35. The van der Waals surface area contributed by atoms with Crippen LogP contribution in [0.15, 0.2) is 67.0 Å². The number of carbonyl (C=O) groups is 1. The standard InChI is InChI=1S/C23H26N2O4S/c1-17(2)12-22(23(26)27)25(15-19-6-5-11-24-14-19)30(28,29)16-18-9-10-20-7-3-4-8-21(20)13-18/h3-11,13-14,17,22H,12,15-16H2,1-2H3,(H,26,27). The first-order valence-electron chi connectivity index (χ1n) is 9.85. The van der Waals surface area contributed by atoms with Gasteiger partial charge in [-0.05, 0) is 40.3 Å². The number of fused-ring (bicyclic) bond motifs is 1. The van der Waals surface area contributed by atoms with E-state index in [-0.39, 0.29) is 24.6 Å². The molecule has 3 rings (SSSR count). The van der Waals surface area contributed by atoms with Gasteiger partial charge in [-0.2, -0.15) is 4.31 Å². The summed E-state index contributed by atoms with van der Waals surface area (Å²) in [5.74, 6) is -1.38. The number of benzene rings is 2. The first kappa shape index (κ1) is 21.9. The first-order valence-corrected chi connectivity index (χ1v) is 11.5. The number of sulfonamides is 1. The van der Waals surface area contributed by atoms with Crippen LogP contribution in [-0.4, -0.2) is 34.8 Å². The second kappa shape index (κ2) is 9.36. The van der Waals surface area contributed by atoms with Crippen LogP contribution in [0.4, 0.5) is 0 Å². The van der Waals surface area contributed by atoms with E-state index >= 15 is 0 Å². The second-order valence-electron chi connectivity index (χ2n) is 7.83. The van der Waals surface area contributed by atoms with Gasteiger partial charge in [0.25, 0.3) is 0 Å². The van der Waals surface area contributed by atoms with E-state index < -0.39 is 22.0 Å². The highest BCUT2D eigenvalue weighted by Crippen LogP contribution is 2.24. The molecule has 30 heavy (non-hydrogen) atoms. The monoisotopic (exact) mass is 426 g/mol. The molecule has 0 saturated carbocycles. The van der Waals surface area contributed by atoms with Crippen LogP contribution in [0.5, 0.6) is 0 Å². The molecular formula is C23H26N2O4S. The summed E-state index contributed by atoms with van der Waals surface area (Å²) in [6.45, 7) is 3.73. The second-order valence-corrected chi connectivity index (χ2v) is 9.75. The number of aromatic nitrogens is 1. The van der Waals surface area contributed by atoms with Crippen molar-refractivity contribution in [2.45, 2.75) is 38.6 Å². The molecular weight excluding hydrogens is 400 g/mol. The number of carboxylic acid groups (broad SMARTS) is 1. The molecule has 3 aromatic rings. The maximum atomic E-state index is 13.4. The molecule has 0 aliphatic rings. The van der Waals surface area contributed by atoms with Gasteiger partial charge in [-0.1, -0.05) is 62.4 Å². The zero-order chi connectivity index (χ0) is 21.7. The van der Waals surface area contributed by atoms with Crippen molar-refractivity contribution in [3.8, 4) is 0 Å². The lowest BCUT2D eigenvalue weighted by Crippen LogP contribution is -2.45. The Kier molecular flexibility index (Phi) is 6.84. The third-order valence-corrected chi connectivity index (χ3v) is 6.71. The lowest BCUT2D eigenvalue weighted by molar-refractivity contribution is -0.142. The summed E-state index contributed by atoms with van der Waals surface area (Å²) >= 11 is 0. The summed E-state index contributed by atoms with van der Waals surface area (Å²) in [6, 6.07) is 15.5. The molecule has 0 aliphatic heterocycles. The Bertz CT molecular complexity index is 1110. The van der Waals surface area contributed by atoms with Gasteiger partial charge in [0.05, 0.1) is 5.75 Å². The molecule has 1 aromatic heterocycles. The first-order chi connectivity index (χ1) is 14.3. The normalized spacial score (nSPS) is 13.1. The molecule has 0 radical (unpaired) electrons. The number of nitrogens with zero attached hydrogens (tertiary/aromatic N) is 2. The maximum Gasteiger partial charge on any atom is 0.322 e. The van der Waals surface area contributed by atoms with Gasteiger partial charge in [-0.3, -0.25) is 9.78 Å². The Balaban J connectivity index is 1.97. The van der Waals surface area contributed by atoms with Crippen molar-refractivity contribution in [2.75, 3.05) is 0 Å². The third-order valence-electron chi connectivity index (χ3n) is 4.91. The highest BCUT2D eigenvalue weighted by atomic mass is 32.2. The number of rotatable bonds is 9. The molecule has 0 saturated heterocycles. The number of aliphatic carboxylic acids is 1. The third kappa shape index (κ3) is 5.43. The van der Waals surface area contributed by atoms with E-state index in [1.165, 1.54) is 0 Å². The molecule has 0 bridgehead atoms. The Labute approximate surface area is 177 Å². The Hall–Kier alpha value is -2.77. The molecule has 0 fully saturated rings. The van der Waals surface area contributed by atoms with Crippen LogP contribution in [0.2, 0.25) is 0 Å². The molecule has 2 aromatic carbocycles. The molecule has 7 heteroatoms. The Morgan fingerprint density at radius 3 is 2.40 bits per heavy atom. The summed E-state index contributed by atoms with van der Waals surface area (Å²) in [6.07, 6.45) is 3.39. The molecule has 1 heterocycles. The number of hydrogen-bond donors (Lipinski definition) is 1. The van der Waals surface area contributed by atoms with Crippen molar-refractivity contribution in [3.05, 3.63) is 78.1 Å². The number of pyridine rings is 1. The molecule has 1 atom stereocenters. The van der Waals surface area contributed by atoms with Crippen molar-refractivity contribution in [1.29, 1.82) is 0 Å². The summed E-state index contributed by atoms with van der Waals surface area (Å²) in [5.41, 5.74) is 1.27. The smallest absolute Gasteiger partial charge is 0.322 e. The van der Waals surface area contributed by atoms with E-state index in [0.29, 0.717) is 11.1 Å². The van der Waals surface area contributed by atoms with Crippen molar-refractivity contribution in [3.63, 3.8) is 0 Å². The van der Waals surface area contributed by atoms with E-state index in [1.807, 2.05) is 50.2 Å². The zero-order valence-corrected chi connectivity index (χ0v) is 17.9. The predicted octanol–water partition coefficient (Wildman–Crippen LogP) is 4.07. The Morgan fingerprint density at radius 1 is 1.03 bits per heavy atom. The zero-order valence-electron chi connectivity index (χ0n) is 17.1. The molecule has 0 amide bonds. The highest BCUT2D eigenvalue weighted by molar-refractivity contribution is 7.88. The fraction of sp³-hybridized carbons (Fsp3) is 0.304. The molecule has 1 N–H and O–H groups in total. The minimum absolute atomic E-state index is 0.0263. The summed E-state index contributed by atoms with van der Waals surface area (Å²) < 4.78 is 27.9. The van der Waals surface area contributed by atoms with Crippen molar-refractivity contribution < 1.29 is 18.3 Å².